The minimum atomic E-state index is -3.10. The number of rotatable bonds is 5. The molecule has 1 saturated heterocycles. The first-order valence-electron chi connectivity index (χ1n) is 11.2. The number of nitrogens with zero attached hydrogens (tertiary/aromatic N) is 4. The molecular weight excluding hydrogens is 454 g/mol. The van der Waals surface area contributed by atoms with Gasteiger partial charge in [-0.05, 0) is 43.9 Å². The van der Waals surface area contributed by atoms with Crippen LogP contribution in [-0.2, 0) is 22.0 Å². The van der Waals surface area contributed by atoms with E-state index in [1.54, 1.807) is 11.8 Å². The number of fused-ring (bicyclic) bond motifs is 3. The Hall–Kier alpha value is -2.68. The lowest BCUT2D eigenvalue weighted by Crippen LogP contribution is -2.50. The van der Waals surface area contributed by atoms with Gasteiger partial charge >= 0.3 is 5.97 Å². The van der Waals surface area contributed by atoms with Crippen LogP contribution in [0.1, 0.15) is 46.6 Å². The number of ether oxygens (including phenoxy) is 1. The zero-order chi connectivity index (χ0) is 23.5. The molecule has 0 bridgehead atoms. The zero-order valence-corrected chi connectivity index (χ0v) is 19.2. The average molecular weight is 479 g/mol. The Kier molecular flexibility index (Phi) is 5.34. The minimum Gasteiger partial charge on any atom is -0.461 e. The van der Waals surface area contributed by atoms with Crippen LogP contribution in [0.4, 0.5) is 14.5 Å². The van der Waals surface area contributed by atoms with E-state index < -0.39 is 17.8 Å². The standard InChI is InChI=1S/C23H25ClF2N4O3/c1-3-33-22(32)20-19-14-11-15(14)23(25,26)21(19)30(27-20)12-18(31)29-9-7-28(8-10-29)17-6-4-5-16(24)13(17)2/h4-6,14-15H,3,7-12H2,1-2H3/t14-,15+/m1/s1. The Labute approximate surface area is 195 Å². The number of carbonyl (C=O) groups excluding carboxylic acids is 2. The number of halogens is 3. The van der Waals surface area contributed by atoms with Crippen molar-refractivity contribution in [3.63, 3.8) is 0 Å². The smallest absolute Gasteiger partial charge is 0.359 e. The summed E-state index contributed by atoms with van der Waals surface area (Å²) in [6, 6.07) is 5.73. The van der Waals surface area contributed by atoms with Crippen LogP contribution in [0.25, 0.3) is 0 Å². The molecule has 7 nitrogen and oxygen atoms in total. The van der Waals surface area contributed by atoms with E-state index in [4.69, 9.17) is 16.3 Å². The van der Waals surface area contributed by atoms with Gasteiger partial charge in [0.05, 0.1) is 6.61 Å². The molecule has 0 unspecified atom stereocenters. The Bertz CT molecular complexity index is 1130. The van der Waals surface area contributed by atoms with Crippen molar-refractivity contribution < 1.29 is 23.1 Å². The lowest BCUT2D eigenvalue weighted by atomic mass is 10.1. The number of alkyl halides is 2. The molecule has 0 radical (unpaired) electrons. The number of hydrogen-bond acceptors (Lipinski definition) is 5. The van der Waals surface area contributed by atoms with Gasteiger partial charge in [-0.1, -0.05) is 17.7 Å². The van der Waals surface area contributed by atoms with Gasteiger partial charge in [0.2, 0.25) is 5.91 Å². The van der Waals surface area contributed by atoms with Crippen LogP contribution in [0.15, 0.2) is 18.2 Å². The van der Waals surface area contributed by atoms with Crippen LogP contribution in [0.5, 0.6) is 0 Å². The molecule has 2 aliphatic carbocycles. The van der Waals surface area contributed by atoms with Gasteiger partial charge in [0.25, 0.3) is 5.92 Å². The van der Waals surface area contributed by atoms with Crippen LogP contribution in [0.2, 0.25) is 5.02 Å². The predicted molar refractivity (Wildman–Crippen MR) is 118 cm³/mol. The number of carbonyl (C=O) groups is 2. The number of amides is 1. The van der Waals surface area contributed by atoms with Crippen molar-refractivity contribution in [1.29, 1.82) is 0 Å². The second-order valence-electron chi connectivity index (χ2n) is 8.81. The van der Waals surface area contributed by atoms with Crippen molar-refractivity contribution in [3.05, 3.63) is 45.7 Å². The summed E-state index contributed by atoms with van der Waals surface area (Å²) < 4.78 is 35.9. The molecule has 1 amide bonds. The summed E-state index contributed by atoms with van der Waals surface area (Å²) in [5.74, 6) is -5.31. The number of piperazine rings is 1. The molecule has 3 aliphatic rings. The van der Waals surface area contributed by atoms with Gasteiger partial charge in [-0.2, -0.15) is 13.9 Å². The molecule has 2 heterocycles. The fraction of sp³-hybridized carbons (Fsp3) is 0.522. The molecule has 2 fully saturated rings. The maximum Gasteiger partial charge on any atom is 0.359 e. The topological polar surface area (TPSA) is 67.7 Å². The molecule has 5 rings (SSSR count). The Balaban J connectivity index is 1.32. The summed E-state index contributed by atoms with van der Waals surface area (Å²) in [5.41, 5.74) is 1.90. The fourth-order valence-corrected chi connectivity index (χ4v) is 5.27. The SMILES string of the molecule is CCOC(=O)c1nn(CC(=O)N2CCN(c3cccc(Cl)c3C)CC2)c2c1[C@@H]1C[C@@H]1C2(F)F. The zero-order valence-electron chi connectivity index (χ0n) is 18.5. The third kappa shape index (κ3) is 3.57. The predicted octanol–water partition coefficient (Wildman–Crippen LogP) is 3.58. The minimum absolute atomic E-state index is 0.0782. The monoisotopic (exact) mass is 478 g/mol. The number of esters is 1. The Morgan fingerprint density at radius 1 is 1.24 bits per heavy atom. The highest BCUT2D eigenvalue weighted by molar-refractivity contribution is 6.31. The largest absolute Gasteiger partial charge is 0.461 e. The summed E-state index contributed by atoms with van der Waals surface area (Å²) in [4.78, 5) is 29.2. The first-order chi connectivity index (χ1) is 15.7. The number of anilines is 1. The van der Waals surface area contributed by atoms with Crippen molar-refractivity contribution in [2.75, 3.05) is 37.7 Å². The van der Waals surface area contributed by atoms with Gasteiger partial charge in [0.15, 0.2) is 5.69 Å². The van der Waals surface area contributed by atoms with Crippen molar-refractivity contribution in [3.8, 4) is 0 Å². The molecule has 1 aromatic heterocycles. The molecule has 2 atom stereocenters. The third-order valence-electron chi connectivity index (χ3n) is 6.90. The van der Waals surface area contributed by atoms with Gasteiger partial charge < -0.3 is 14.5 Å². The van der Waals surface area contributed by atoms with Crippen LogP contribution < -0.4 is 4.90 Å². The number of hydrogen-bond donors (Lipinski definition) is 0. The highest BCUT2D eigenvalue weighted by Crippen LogP contribution is 2.67. The van der Waals surface area contributed by atoms with Crippen LogP contribution in [-0.4, -0.2) is 59.3 Å². The first-order valence-corrected chi connectivity index (χ1v) is 11.6. The van der Waals surface area contributed by atoms with E-state index in [2.05, 4.69) is 10.00 Å². The molecule has 1 saturated carbocycles. The Morgan fingerprint density at radius 2 is 1.97 bits per heavy atom. The second kappa shape index (κ2) is 7.97. The summed E-state index contributed by atoms with van der Waals surface area (Å²) >= 11 is 6.23. The lowest BCUT2D eigenvalue weighted by molar-refractivity contribution is -0.132. The van der Waals surface area contributed by atoms with E-state index in [1.165, 1.54) is 0 Å². The van der Waals surface area contributed by atoms with E-state index in [1.807, 2.05) is 25.1 Å². The number of aromatic nitrogens is 2. The maximum absolute atomic E-state index is 14.9. The van der Waals surface area contributed by atoms with E-state index in [9.17, 15) is 18.4 Å². The molecule has 1 aliphatic heterocycles. The second-order valence-corrected chi connectivity index (χ2v) is 9.22. The third-order valence-corrected chi connectivity index (χ3v) is 7.31. The summed E-state index contributed by atoms with van der Waals surface area (Å²) in [5, 5.41) is 4.82. The van der Waals surface area contributed by atoms with E-state index in [-0.39, 0.29) is 41.9 Å². The van der Waals surface area contributed by atoms with Crippen LogP contribution in [0.3, 0.4) is 0 Å². The fourth-order valence-electron chi connectivity index (χ4n) is 5.10. The molecule has 33 heavy (non-hydrogen) atoms. The van der Waals surface area contributed by atoms with E-state index in [0.717, 1.165) is 15.9 Å². The lowest BCUT2D eigenvalue weighted by Gasteiger charge is -2.37. The molecular formula is C23H25ClF2N4O3. The highest BCUT2D eigenvalue weighted by atomic mass is 35.5. The molecule has 1 aromatic carbocycles. The van der Waals surface area contributed by atoms with Gasteiger partial charge in [0, 0.05) is 48.4 Å². The van der Waals surface area contributed by atoms with Crippen molar-refractivity contribution in [2.45, 2.75) is 38.7 Å². The first kappa shape index (κ1) is 22.1. The maximum atomic E-state index is 14.9. The van der Waals surface area contributed by atoms with E-state index >= 15 is 0 Å². The van der Waals surface area contributed by atoms with Gasteiger partial charge in [-0.25, -0.2) is 4.79 Å². The van der Waals surface area contributed by atoms with E-state index in [0.29, 0.717) is 37.6 Å². The molecule has 10 heteroatoms. The molecule has 0 spiro atoms. The Morgan fingerprint density at radius 3 is 2.67 bits per heavy atom. The molecule has 2 aromatic rings. The summed E-state index contributed by atoms with van der Waals surface area (Å²) in [6.45, 7) is 5.54. The van der Waals surface area contributed by atoms with Gasteiger partial charge in [0.1, 0.15) is 12.2 Å². The molecule has 0 N–H and O–H groups in total. The summed E-state index contributed by atoms with van der Waals surface area (Å²) in [7, 11) is 0. The number of benzene rings is 1. The normalized spacial score (nSPS) is 22.7. The van der Waals surface area contributed by atoms with Crippen LogP contribution in [0, 0.1) is 12.8 Å². The van der Waals surface area contributed by atoms with Crippen molar-refractivity contribution >= 4 is 29.2 Å². The average Bonchev–Trinajstić information content (AvgIpc) is 3.45. The van der Waals surface area contributed by atoms with Gasteiger partial charge in [-0.3, -0.25) is 9.48 Å². The quantitative estimate of drug-likeness (QED) is 0.614. The van der Waals surface area contributed by atoms with Crippen LogP contribution >= 0.6 is 11.6 Å². The summed E-state index contributed by atoms with van der Waals surface area (Å²) in [6.07, 6.45) is 0.330. The highest BCUT2D eigenvalue weighted by Gasteiger charge is 2.67. The molecule has 176 valence electrons. The van der Waals surface area contributed by atoms with Gasteiger partial charge in [-0.15, -0.1) is 0 Å². The van der Waals surface area contributed by atoms with Crippen molar-refractivity contribution in [2.24, 2.45) is 5.92 Å². The van der Waals surface area contributed by atoms with Crippen molar-refractivity contribution in [1.82, 2.24) is 14.7 Å².